The molecule has 1 N–H and O–H groups in total. The van der Waals surface area contributed by atoms with Crippen LogP contribution in [0.1, 0.15) is 26.6 Å². The van der Waals surface area contributed by atoms with E-state index in [9.17, 15) is 9.59 Å². The van der Waals surface area contributed by atoms with Gasteiger partial charge in [-0.1, -0.05) is 0 Å². The number of aromatic nitrogens is 2. The molecule has 0 radical (unpaired) electrons. The first-order valence-corrected chi connectivity index (χ1v) is 7.71. The van der Waals surface area contributed by atoms with E-state index in [0.29, 0.717) is 5.69 Å². The lowest BCUT2D eigenvalue weighted by Crippen LogP contribution is -2.42. The fourth-order valence-corrected chi connectivity index (χ4v) is 2.67. The fourth-order valence-electron chi connectivity index (χ4n) is 2.67. The number of hydrogen-bond acceptors (Lipinski definition) is 6. The van der Waals surface area contributed by atoms with Crippen molar-refractivity contribution < 1.29 is 19.1 Å². The van der Waals surface area contributed by atoms with Gasteiger partial charge in [0.2, 0.25) is 0 Å². The number of imidazole rings is 1. The largest absolute Gasteiger partial charge is 0.419 e. The fraction of sp³-hybridized carbons (Fsp3) is 0.353. The minimum atomic E-state index is -1.24. The van der Waals surface area contributed by atoms with E-state index in [1.807, 2.05) is 25.1 Å². The first-order chi connectivity index (χ1) is 11.3. The molecule has 1 saturated heterocycles. The standard InChI is InChI=1S/C17H19N3O4/c1-5-20-10(2)19-13-8-11(6-7-14(13)20)18-9-12-15(21)23-17(3,4)24-16(12)22/h6-9,18H,5H2,1-4H3. The van der Waals surface area contributed by atoms with Crippen molar-refractivity contribution in [1.29, 1.82) is 0 Å². The van der Waals surface area contributed by atoms with E-state index >= 15 is 0 Å². The van der Waals surface area contributed by atoms with Crippen molar-refractivity contribution in [3.63, 3.8) is 0 Å². The number of carbonyl (C=O) groups is 2. The van der Waals surface area contributed by atoms with Crippen LogP contribution in [0.5, 0.6) is 0 Å². The summed E-state index contributed by atoms with van der Waals surface area (Å²) in [5, 5.41) is 2.93. The smallest absolute Gasteiger partial charge is 0.350 e. The molecule has 2 heterocycles. The van der Waals surface area contributed by atoms with Crippen LogP contribution in [0.15, 0.2) is 30.0 Å². The Morgan fingerprint density at radius 1 is 1.25 bits per heavy atom. The van der Waals surface area contributed by atoms with Gasteiger partial charge in [0.25, 0.3) is 5.79 Å². The van der Waals surface area contributed by atoms with Crippen molar-refractivity contribution in [1.82, 2.24) is 9.55 Å². The molecule has 0 atom stereocenters. The highest BCUT2D eigenvalue weighted by atomic mass is 16.7. The quantitative estimate of drug-likeness (QED) is 0.529. The third kappa shape index (κ3) is 2.84. The van der Waals surface area contributed by atoms with Crippen LogP contribution >= 0.6 is 0 Å². The molecule has 0 spiro atoms. The maximum Gasteiger partial charge on any atom is 0.350 e. The van der Waals surface area contributed by atoms with Crippen molar-refractivity contribution in [2.45, 2.75) is 40.0 Å². The molecule has 1 aliphatic heterocycles. The van der Waals surface area contributed by atoms with Crippen molar-refractivity contribution in [3.05, 3.63) is 35.8 Å². The molecule has 3 rings (SSSR count). The van der Waals surface area contributed by atoms with Gasteiger partial charge < -0.3 is 19.4 Å². The molecule has 0 amide bonds. The number of rotatable bonds is 3. The van der Waals surface area contributed by atoms with Crippen LogP contribution in [0.4, 0.5) is 5.69 Å². The van der Waals surface area contributed by atoms with Crippen molar-refractivity contribution >= 4 is 28.7 Å². The minimum absolute atomic E-state index is 0.176. The number of benzene rings is 1. The molecule has 1 aliphatic rings. The van der Waals surface area contributed by atoms with Crippen LogP contribution in [-0.4, -0.2) is 27.3 Å². The highest BCUT2D eigenvalue weighted by molar-refractivity contribution is 6.15. The lowest BCUT2D eigenvalue weighted by atomic mass is 10.2. The van der Waals surface area contributed by atoms with Crippen LogP contribution in [0.2, 0.25) is 0 Å². The van der Waals surface area contributed by atoms with Gasteiger partial charge in [-0.2, -0.15) is 0 Å². The van der Waals surface area contributed by atoms with E-state index in [2.05, 4.69) is 21.8 Å². The normalized spacial score (nSPS) is 16.8. The molecule has 1 fully saturated rings. The molecule has 0 aliphatic carbocycles. The Bertz CT molecular complexity index is 842. The maximum atomic E-state index is 11.9. The number of fused-ring (bicyclic) bond motifs is 1. The Hall–Kier alpha value is -2.83. The molecule has 7 heteroatoms. The topological polar surface area (TPSA) is 82.5 Å². The second-order valence-corrected chi connectivity index (χ2v) is 5.99. The lowest BCUT2D eigenvalue weighted by Gasteiger charge is -2.29. The third-order valence-corrected chi connectivity index (χ3v) is 3.76. The summed E-state index contributed by atoms with van der Waals surface area (Å²) in [4.78, 5) is 28.3. The van der Waals surface area contributed by atoms with Crippen molar-refractivity contribution in [2.24, 2.45) is 0 Å². The second-order valence-electron chi connectivity index (χ2n) is 5.99. The molecule has 24 heavy (non-hydrogen) atoms. The van der Waals surface area contributed by atoms with E-state index in [-0.39, 0.29) is 5.57 Å². The van der Waals surface area contributed by atoms with Gasteiger partial charge in [-0.25, -0.2) is 14.6 Å². The van der Waals surface area contributed by atoms with Gasteiger partial charge in [-0.15, -0.1) is 0 Å². The number of carbonyl (C=O) groups excluding carboxylic acids is 2. The van der Waals surface area contributed by atoms with Gasteiger partial charge in [-0.3, -0.25) is 0 Å². The summed E-state index contributed by atoms with van der Waals surface area (Å²) in [6, 6.07) is 5.66. The Morgan fingerprint density at radius 3 is 2.54 bits per heavy atom. The predicted octanol–water partition coefficient (Wildman–Crippen LogP) is 2.50. The Kier molecular flexibility index (Phi) is 3.79. The third-order valence-electron chi connectivity index (χ3n) is 3.76. The summed E-state index contributed by atoms with van der Waals surface area (Å²) < 4.78 is 12.2. The van der Waals surface area contributed by atoms with E-state index in [1.165, 1.54) is 20.0 Å². The molecule has 2 aromatic rings. The highest BCUT2D eigenvalue weighted by Gasteiger charge is 2.38. The lowest BCUT2D eigenvalue weighted by molar-refractivity contribution is -0.222. The summed E-state index contributed by atoms with van der Waals surface area (Å²) in [5.74, 6) is -1.73. The zero-order chi connectivity index (χ0) is 17.5. The first-order valence-electron chi connectivity index (χ1n) is 7.71. The van der Waals surface area contributed by atoms with Crippen LogP contribution < -0.4 is 5.32 Å². The van der Waals surface area contributed by atoms with E-state index in [0.717, 1.165) is 23.4 Å². The molecule has 0 unspecified atom stereocenters. The molecular weight excluding hydrogens is 310 g/mol. The van der Waals surface area contributed by atoms with Gasteiger partial charge in [-0.05, 0) is 32.0 Å². The zero-order valence-corrected chi connectivity index (χ0v) is 14.0. The average molecular weight is 329 g/mol. The number of esters is 2. The maximum absolute atomic E-state index is 11.9. The number of hydrogen-bond donors (Lipinski definition) is 1. The van der Waals surface area contributed by atoms with Gasteiger partial charge in [0.05, 0.1) is 11.0 Å². The zero-order valence-electron chi connectivity index (χ0n) is 14.0. The number of cyclic esters (lactones) is 2. The van der Waals surface area contributed by atoms with Crippen molar-refractivity contribution in [3.8, 4) is 0 Å². The molecule has 0 bridgehead atoms. The Labute approximate surface area is 139 Å². The van der Waals surface area contributed by atoms with Crippen LogP contribution in [0.3, 0.4) is 0 Å². The number of ether oxygens (including phenoxy) is 2. The van der Waals surface area contributed by atoms with Gasteiger partial charge >= 0.3 is 11.9 Å². The van der Waals surface area contributed by atoms with Gasteiger partial charge in [0.1, 0.15) is 5.82 Å². The minimum Gasteiger partial charge on any atom is -0.419 e. The van der Waals surface area contributed by atoms with E-state index < -0.39 is 17.7 Å². The monoisotopic (exact) mass is 329 g/mol. The number of anilines is 1. The molecular formula is C17H19N3O4. The molecule has 7 nitrogen and oxygen atoms in total. The number of nitrogens with zero attached hydrogens (tertiary/aromatic N) is 2. The van der Waals surface area contributed by atoms with E-state index in [4.69, 9.17) is 9.47 Å². The predicted molar refractivity (Wildman–Crippen MR) is 88.1 cm³/mol. The number of aryl methyl sites for hydroxylation is 2. The molecule has 0 saturated carbocycles. The molecule has 1 aromatic carbocycles. The summed E-state index contributed by atoms with van der Waals surface area (Å²) in [7, 11) is 0. The Balaban J connectivity index is 1.85. The molecule has 126 valence electrons. The summed E-state index contributed by atoms with van der Waals surface area (Å²) >= 11 is 0. The first kappa shape index (κ1) is 16.0. The van der Waals surface area contributed by atoms with Crippen LogP contribution in [0, 0.1) is 6.92 Å². The average Bonchev–Trinajstić information content (AvgIpc) is 2.79. The second kappa shape index (κ2) is 5.67. The van der Waals surface area contributed by atoms with Gasteiger partial charge in [0.15, 0.2) is 5.57 Å². The summed E-state index contributed by atoms with van der Waals surface area (Å²) in [6.45, 7) is 7.87. The SMILES string of the molecule is CCn1c(C)nc2cc(NC=C3C(=O)OC(C)(C)OC3=O)ccc21. The highest BCUT2D eigenvalue weighted by Crippen LogP contribution is 2.24. The van der Waals surface area contributed by atoms with Crippen molar-refractivity contribution in [2.75, 3.05) is 5.32 Å². The molecule has 1 aromatic heterocycles. The van der Waals surface area contributed by atoms with Gasteiger partial charge in [0, 0.05) is 32.3 Å². The van der Waals surface area contributed by atoms with E-state index in [1.54, 1.807) is 0 Å². The number of nitrogens with one attached hydrogen (secondary N) is 1. The Morgan fingerprint density at radius 2 is 1.92 bits per heavy atom. The summed E-state index contributed by atoms with van der Waals surface area (Å²) in [6.07, 6.45) is 1.30. The van der Waals surface area contributed by atoms with Crippen LogP contribution in [-0.2, 0) is 25.6 Å². The summed E-state index contributed by atoms with van der Waals surface area (Å²) in [5.41, 5.74) is 2.41. The van der Waals surface area contributed by atoms with Crippen LogP contribution in [0.25, 0.3) is 11.0 Å².